The monoisotopic (exact) mass is 330 g/mol. The molecule has 0 bridgehead atoms. The van der Waals surface area contributed by atoms with Crippen LogP contribution in [0.3, 0.4) is 0 Å². The Morgan fingerprint density at radius 3 is 2.77 bits per heavy atom. The van der Waals surface area contributed by atoms with Crippen molar-refractivity contribution in [1.29, 1.82) is 0 Å². The Hall–Kier alpha value is -1.60. The molecule has 6 nitrogen and oxygen atoms in total. The topological polar surface area (TPSA) is 71.7 Å². The summed E-state index contributed by atoms with van der Waals surface area (Å²) in [5.74, 6) is -0.581. The van der Waals surface area contributed by atoms with Gasteiger partial charge in [-0.25, -0.2) is 14.2 Å². The van der Waals surface area contributed by atoms with E-state index in [1.165, 1.54) is 17.2 Å². The molecular weight excluding hydrogens is 311 g/mol. The fourth-order valence-electron chi connectivity index (χ4n) is 2.23. The Morgan fingerprint density at radius 2 is 2.18 bits per heavy atom. The first kappa shape index (κ1) is 16.8. The van der Waals surface area contributed by atoms with Crippen LogP contribution in [0.25, 0.3) is 0 Å². The molecular formula is C14H20ClFN4O2. The quantitative estimate of drug-likeness (QED) is 0.799. The normalized spacial score (nSPS) is 19.3. The summed E-state index contributed by atoms with van der Waals surface area (Å²) in [6.45, 7) is 6.44. The summed E-state index contributed by atoms with van der Waals surface area (Å²) in [5, 5.41) is -0.180. The third-order valence-corrected chi connectivity index (χ3v) is 3.48. The molecule has 1 aromatic heterocycles. The Balaban J connectivity index is 2.07. The van der Waals surface area contributed by atoms with Gasteiger partial charge in [0, 0.05) is 19.3 Å². The number of aromatic nitrogens is 1. The van der Waals surface area contributed by atoms with Gasteiger partial charge in [-0.15, -0.1) is 0 Å². The number of anilines is 1. The predicted octanol–water partition coefficient (Wildman–Crippen LogP) is 2.22. The number of hydrogen-bond acceptors (Lipinski definition) is 5. The van der Waals surface area contributed by atoms with Crippen molar-refractivity contribution < 1.29 is 13.9 Å². The van der Waals surface area contributed by atoms with Crippen molar-refractivity contribution in [3.05, 3.63) is 23.2 Å². The van der Waals surface area contributed by atoms with Crippen molar-refractivity contribution in [2.45, 2.75) is 32.5 Å². The first-order valence-corrected chi connectivity index (χ1v) is 7.37. The van der Waals surface area contributed by atoms with Crippen molar-refractivity contribution in [2.75, 3.05) is 24.5 Å². The molecule has 0 aliphatic carbocycles. The zero-order chi connectivity index (χ0) is 16.5. The number of amides is 1. The smallest absolute Gasteiger partial charge is 0.411 e. The molecule has 0 saturated carbocycles. The number of hydrogen-bond donors (Lipinski definition) is 1. The van der Waals surface area contributed by atoms with Crippen LogP contribution in [-0.4, -0.2) is 47.4 Å². The Morgan fingerprint density at radius 1 is 1.50 bits per heavy atom. The molecule has 122 valence electrons. The van der Waals surface area contributed by atoms with Gasteiger partial charge >= 0.3 is 6.09 Å². The van der Waals surface area contributed by atoms with Gasteiger partial charge in [-0.3, -0.25) is 4.90 Å². The lowest BCUT2D eigenvalue weighted by Crippen LogP contribution is -2.60. The minimum atomic E-state index is -0.588. The first-order valence-electron chi connectivity index (χ1n) is 6.99. The SMILES string of the molecule is CC(C)(C)OC(=O)N1CCN(c2ccnc(Cl)c2F)C[C@@H]1N. The summed E-state index contributed by atoms with van der Waals surface area (Å²) in [6.07, 6.45) is 0.384. The molecule has 0 radical (unpaired) electrons. The van der Waals surface area contributed by atoms with Crippen LogP contribution in [0, 0.1) is 5.82 Å². The number of piperazine rings is 1. The second-order valence-electron chi connectivity index (χ2n) is 6.12. The lowest BCUT2D eigenvalue weighted by Gasteiger charge is -2.40. The molecule has 1 amide bonds. The van der Waals surface area contributed by atoms with Crippen molar-refractivity contribution >= 4 is 23.4 Å². The molecule has 1 aliphatic rings. The average molecular weight is 331 g/mol. The van der Waals surface area contributed by atoms with Crippen LogP contribution in [0.1, 0.15) is 20.8 Å². The van der Waals surface area contributed by atoms with Crippen molar-refractivity contribution in [3.8, 4) is 0 Å². The number of rotatable bonds is 1. The van der Waals surface area contributed by atoms with Gasteiger partial charge in [0.15, 0.2) is 11.0 Å². The summed E-state index contributed by atoms with van der Waals surface area (Å²) in [5.41, 5.74) is 5.78. The predicted molar refractivity (Wildman–Crippen MR) is 82.3 cm³/mol. The van der Waals surface area contributed by atoms with E-state index in [1.807, 2.05) is 0 Å². The van der Waals surface area contributed by atoms with Crippen LogP contribution in [-0.2, 0) is 4.74 Å². The van der Waals surface area contributed by atoms with Crippen molar-refractivity contribution in [1.82, 2.24) is 9.88 Å². The number of carbonyl (C=O) groups excluding carboxylic acids is 1. The van der Waals surface area contributed by atoms with E-state index in [9.17, 15) is 9.18 Å². The molecule has 22 heavy (non-hydrogen) atoms. The molecule has 8 heteroatoms. The van der Waals surface area contributed by atoms with Gasteiger partial charge in [-0.1, -0.05) is 11.6 Å². The van der Waals surface area contributed by atoms with Gasteiger partial charge in [0.1, 0.15) is 11.8 Å². The summed E-state index contributed by atoms with van der Waals surface area (Å²) in [7, 11) is 0. The second kappa shape index (κ2) is 6.26. The van der Waals surface area contributed by atoms with Gasteiger partial charge in [0.05, 0.1) is 12.2 Å². The van der Waals surface area contributed by atoms with Crippen LogP contribution in [0.5, 0.6) is 0 Å². The first-order chi connectivity index (χ1) is 10.2. The van der Waals surface area contributed by atoms with E-state index in [0.717, 1.165) is 0 Å². The van der Waals surface area contributed by atoms with Crippen molar-refractivity contribution in [3.63, 3.8) is 0 Å². The van der Waals surface area contributed by atoms with E-state index >= 15 is 0 Å². The summed E-state index contributed by atoms with van der Waals surface area (Å²) in [4.78, 5) is 19.0. The van der Waals surface area contributed by atoms with Crippen molar-refractivity contribution in [2.24, 2.45) is 5.73 Å². The summed E-state index contributed by atoms with van der Waals surface area (Å²) >= 11 is 5.69. The highest BCUT2D eigenvalue weighted by Crippen LogP contribution is 2.25. The Bertz CT molecular complexity index is 564. The zero-order valence-corrected chi connectivity index (χ0v) is 13.6. The maximum Gasteiger partial charge on any atom is 0.411 e. The van der Waals surface area contributed by atoms with Gasteiger partial charge in [0.2, 0.25) is 0 Å². The van der Waals surface area contributed by atoms with Gasteiger partial charge in [-0.2, -0.15) is 0 Å². The highest BCUT2D eigenvalue weighted by molar-refractivity contribution is 6.29. The molecule has 2 rings (SSSR count). The van der Waals surface area contributed by atoms with E-state index in [2.05, 4.69) is 4.98 Å². The van der Waals surface area contributed by atoms with E-state index in [0.29, 0.717) is 18.8 Å². The fourth-order valence-corrected chi connectivity index (χ4v) is 2.38. The molecule has 2 N–H and O–H groups in total. The molecule has 1 fully saturated rings. The minimum Gasteiger partial charge on any atom is -0.444 e. The fraction of sp³-hybridized carbons (Fsp3) is 0.571. The average Bonchev–Trinajstić information content (AvgIpc) is 2.39. The molecule has 0 spiro atoms. The second-order valence-corrected chi connectivity index (χ2v) is 6.48. The molecule has 0 aromatic carbocycles. The molecule has 1 saturated heterocycles. The Kier molecular flexibility index (Phi) is 4.77. The lowest BCUT2D eigenvalue weighted by atomic mass is 10.2. The number of pyridine rings is 1. The van der Waals surface area contributed by atoms with E-state index < -0.39 is 23.7 Å². The van der Waals surface area contributed by atoms with Gasteiger partial charge < -0.3 is 15.4 Å². The third kappa shape index (κ3) is 3.78. The number of nitrogens with two attached hydrogens (primary N) is 1. The number of ether oxygens (including phenoxy) is 1. The zero-order valence-electron chi connectivity index (χ0n) is 12.8. The van der Waals surface area contributed by atoms with E-state index in [-0.39, 0.29) is 11.7 Å². The van der Waals surface area contributed by atoms with Crippen LogP contribution in [0.4, 0.5) is 14.9 Å². The summed E-state index contributed by atoms with van der Waals surface area (Å²) < 4.78 is 19.3. The third-order valence-electron chi connectivity index (χ3n) is 3.21. The standard InChI is InChI=1S/C14H20ClFN4O2/c1-14(2,3)22-13(21)20-7-6-19(8-10(20)17)9-4-5-18-12(15)11(9)16/h4-5,10H,6-8,17H2,1-3H3/t10-/m1/s1. The molecule has 1 atom stereocenters. The highest BCUT2D eigenvalue weighted by atomic mass is 35.5. The van der Waals surface area contributed by atoms with E-state index in [1.54, 1.807) is 25.7 Å². The number of halogens is 2. The maximum absolute atomic E-state index is 14.0. The van der Waals surface area contributed by atoms with Crippen LogP contribution < -0.4 is 10.6 Å². The van der Waals surface area contributed by atoms with Crippen LogP contribution in [0.2, 0.25) is 5.15 Å². The molecule has 1 aromatic rings. The highest BCUT2D eigenvalue weighted by Gasteiger charge is 2.32. The van der Waals surface area contributed by atoms with E-state index in [4.69, 9.17) is 22.1 Å². The molecule has 1 aliphatic heterocycles. The van der Waals surface area contributed by atoms with Gasteiger partial charge in [-0.05, 0) is 26.8 Å². The largest absolute Gasteiger partial charge is 0.444 e. The van der Waals surface area contributed by atoms with Gasteiger partial charge in [0.25, 0.3) is 0 Å². The lowest BCUT2D eigenvalue weighted by molar-refractivity contribution is 0.0147. The number of carbonyl (C=O) groups is 1. The van der Waals surface area contributed by atoms with Crippen LogP contribution >= 0.6 is 11.6 Å². The number of nitrogens with zero attached hydrogens (tertiary/aromatic N) is 3. The van der Waals surface area contributed by atoms with Crippen LogP contribution in [0.15, 0.2) is 12.3 Å². The Labute approximate surface area is 134 Å². The minimum absolute atomic E-state index is 0.180. The molecule has 0 unspecified atom stereocenters. The molecule has 2 heterocycles. The summed E-state index contributed by atoms with van der Waals surface area (Å²) in [6, 6.07) is 1.54. The maximum atomic E-state index is 14.0.